The predicted molar refractivity (Wildman–Crippen MR) is 103 cm³/mol. The fraction of sp³-hybridized carbons (Fsp3) is 0.529. The predicted octanol–water partition coefficient (Wildman–Crippen LogP) is 2.26. The second-order valence-electron chi connectivity index (χ2n) is 6.81. The highest BCUT2D eigenvalue weighted by atomic mass is 32.2. The number of hydrogen-bond acceptors (Lipinski definition) is 6. The van der Waals surface area contributed by atoms with Gasteiger partial charge in [0, 0.05) is 32.3 Å². The Balaban J connectivity index is 1.61. The normalized spacial score (nSPS) is 18.1. The lowest BCUT2D eigenvalue weighted by atomic mass is 10.2. The summed E-state index contributed by atoms with van der Waals surface area (Å²) >= 11 is -0.659. The molecule has 0 spiro atoms. The van der Waals surface area contributed by atoms with E-state index in [2.05, 4.69) is 20.1 Å². The van der Waals surface area contributed by atoms with E-state index in [1.54, 1.807) is 6.20 Å². The maximum absolute atomic E-state index is 12.6. The van der Waals surface area contributed by atoms with Crippen molar-refractivity contribution in [2.45, 2.75) is 38.4 Å². The summed E-state index contributed by atoms with van der Waals surface area (Å²) in [6.45, 7) is 5.25. The van der Waals surface area contributed by atoms with E-state index < -0.39 is 17.5 Å². The Labute approximate surface area is 169 Å². The number of ether oxygens (including phenoxy) is 1. The smallest absolute Gasteiger partial charge is 0.471 e. The van der Waals surface area contributed by atoms with Crippen molar-refractivity contribution in [2.24, 2.45) is 7.05 Å². The molecule has 1 atom stereocenters. The molecule has 8 nitrogen and oxygen atoms in total. The van der Waals surface area contributed by atoms with Gasteiger partial charge >= 0.3 is 5.51 Å². The van der Waals surface area contributed by atoms with Crippen LogP contribution in [0.3, 0.4) is 0 Å². The molecule has 0 bridgehead atoms. The molecular weight excluding hydrogens is 407 g/mol. The van der Waals surface area contributed by atoms with Crippen LogP contribution in [-0.2, 0) is 25.5 Å². The van der Waals surface area contributed by atoms with Crippen LogP contribution in [0.1, 0.15) is 19.0 Å². The molecule has 0 unspecified atom stereocenters. The number of fused-ring (bicyclic) bond motifs is 1. The Kier molecular flexibility index (Phi) is 5.15. The van der Waals surface area contributed by atoms with Gasteiger partial charge in [-0.15, -0.1) is 17.5 Å². The minimum Gasteiger partial charge on any atom is -0.471 e. The minimum atomic E-state index is -4.24. The van der Waals surface area contributed by atoms with E-state index in [4.69, 9.17) is 4.74 Å². The molecule has 1 fully saturated rings. The molecule has 12 heteroatoms. The molecule has 1 aliphatic rings. The zero-order valence-electron chi connectivity index (χ0n) is 16.2. The lowest BCUT2D eigenvalue weighted by Crippen LogP contribution is -2.30. The van der Waals surface area contributed by atoms with Crippen LogP contribution >= 0.6 is 0 Å². The number of aryl methyl sites for hydroxylation is 2. The van der Waals surface area contributed by atoms with Crippen molar-refractivity contribution in [3.05, 3.63) is 18.2 Å². The maximum atomic E-state index is 12.6. The summed E-state index contributed by atoms with van der Waals surface area (Å²) in [6.07, 6.45) is 3.26. The van der Waals surface area contributed by atoms with Crippen LogP contribution in [0, 0.1) is 6.92 Å². The van der Waals surface area contributed by atoms with Crippen LogP contribution in [-0.4, -0.2) is 58.3 Å². The van der Waals surface area contributed by atoms with Crippen molar-refractivity contribution in [3.8, 4) is 17.3 Å². The van der Waals surface area contributed by atoms with E-state index in [1.165, 1.54) is 10.6 Å². The molecule has 156 valence electrons. The van der Waals surface area contributed by atoms with Gasteiger partial charge in [0.15, 0.2) is 23.1 Å². The Hall–Kier alpha value is -2.34. The second-order valence-corrected chi connectivity index (χ2v) is 8.09. The molecule has 3 aromatic rings. The zero-order valence-corrected chi connectivity index (χ0v) is 17.1. The number of halogens is 3. The van der Waals surface area contributed by atoms with Gasteiger partial charge in [0.05, 0.1) is 18.3 Å². The molecule has 3 aromatic heterocycles. The van der Waals surface area contributed by atoms with Gasteiger partial charge in [-0.25, -0.2) is 9.97 Å². The summed E-state index contributed by atoms with van der Waals surface area (Å²) in [6, 6.07) is 0. The van der Waals surface area contributed by atoms with E-state index in [1.807, 2.05) is 30.1 Å². The SMILES string of the molecule is CCn1ncc(-c2nc3c(O[C@H]4CCN([SH+]C(F)(F)F)C4)ncnc3n2C)c1C. The summed E-state index contributed by atoms with van der Waals surface area (Å²) < 4.78 is 48.8. The van der Waals surface area contributed by atoms with Crippen molar-refractivity contribution < 1.29 is 17.9 Å². The summed E-state index contributed by atoms with van der Waals surface area (Å²) in [5, 5.41) is 4.36. The van der Waals surface area contributed by atoms with Gasteiger partial charge in [-0.3, -0.25) is 4.68 Å². The third-order valence-corrected chi connectivity index (χ3v) is 5.80. The Morgan fingerprint density at radius 2 is 2.10 bits per heavy atom. The standard InChI is InChI=1S/C17H20F3N7OS/c1-4-27-10(2)12(7-23-27)14-24-13-15(25(14)3)21-9-22-16(13)28-11-5-6-26(8-11)29-17(18,19)20/h7,9,11H,4-6,8H2,1-3H3/p+1/t11-/m0/s1. The molecule has 4 rings (SSSR count). The van der Waals surface area contributed by atoms with Crippen molar-refractivity contribution in [1.29, 1.82) is 0 Å². The van der Waals surface area contributed by atoms with Crippen LogP contribution < -0.4 is 4.74 Å². The molecule has 0 aliphatic carbocycles. The van der Waals surface area contributed by atoms with Gasteiger partial charge in [0.2, 0.25) is 5.88 Å². The third-order valence-electron chi connectivity index (χ3n) is 4.92. The molecule has 0 aromatic carbocycles. The molecule has 29 heavy (non-hydrogen) atoms. The summed E-state index contributed by atoms with van der Waals surface area (Å²) in [4.78, 5) is 13.2. The maximum Gasteiger partial charge on any atom is 0.592 e. The van der Waals surface area contributed by atoms with Gasteiger partial charge in [-0.05, 0) is 13.8 Å². The molecule has 1 aliphatic heterocycles. The Morgan fingerprint density at radius 1 is 1.31 bits per heavy atom. The van der Waals surface area contributed by atoms with Crippen LogP contribution in [0.5, 0.6) is 5.88 Å². The van der Waals surface area contributed by atoms with Crippen molar-refractivity contribution in [2.75, 3.05) is 13.1 Å². The highest BCUT2D eigenvalue weighted by Crippen LogP contribution is 2.30. The first-order valence-electron chi connectivity index (χ1n) is 9.18. The molecule has 0 amide bonds. The summed E-state index contributed by atoms with van der Waals surface area (Å²) in [5.74, 6) is 0.971. The van der Waals surface area contributed by atoms with Crippen LogP contribution in [0.25, 0.3) is 22.6 Å². The highest BCUT2D eigenvalue weighted by molar-refractivity contribution is 7.77. The third kappa shape index (κ3) is 3.90. The van der Waals surface area contributed by atoms with Crippen LogP contribution in [0.2, 0.25) is 0 Å². The molecule has 1 saturated heterocycles. The quantitative estimate of drug-likeness (QED) is 0.459. The van der Waals surface area contributed by atoms with Crippen molar-refractivity contribution in [1.82, 2.24) is 33.6 Å². The lowest BCUT2D eigenvalue weighted by Gasteiger charge is -2.12. The van der Waals surface area contributed by atoms with E-state index in [0.717, 1.165) is 17.8 Å². The number of rotatable bonds is 5. The van der Waals surface area contributed by atoms with Gasteiger partial charge in [0.25, 0.3) is 0 Å². The van der Waals surface area contributed by atoms with Crippen LogP contribution in [0.15, 0.2) is 12.5 Å². The Bertz CT molecular complexity index is 1030. The first-order valence-corrected chi connectivity index (χ1v) is 10.0. The number of hydrogen-bond donors (Lipinski definition) is 0. The van der Waals surface area contributed by atoms with Gasteiger partial charge < -0.3 is 9.30 Å². The second kappa shape index (κ2) is 7.48. The Morgan fingerprint density at radius 3 is 2.79 bits per heavy atom. The van der Waals surface area contributed by atoms with Crippen LogP contribution in [0.4, 0.5) is 13.2 Å². The van der Waals surface area contributed by atoms with Gasteiger partial charge in [-0.2, -0.15) is 10.1 Å². The van der Waals surface area contributed by atoms with Crippen molar-refractivity contribution in [3.63, 3.8) is 0 Å². The first kappa shape index (κ1) is 20.0. The number of nitrogens with zero attached hydrogens (tertiary/aromatic N) is 7. The number of imidazole rings is 1. The van der Waals surface area contributed by atoms with E-state index in [9.17, 15) is 13.2 Å². The minimum absolute atomic E-state index is 0.189. The fourth-order valence-corrected chi connectivity index (χ4v) is 4.31. The molecule has 4 heterocycles. The lowest BCUT2D eigenvalue weighted by molar-refractivity contribution is -0.0375. The number of thiol groups is 1. The monoisotopic (exact) mass is 428 g/mol. The summed E-state index contributed by atoms with van der Waals surface area (Å²) in [5.41, 5.74) is -1.29. The number of aromatic nitrogens is 6. The average molecular weight is 428 g/mol. The zero-order chi connectivity index (χ0) is 20.8. The highest BCUT2D eigenvalue weighted by Gasteiger charge is 2.45. The summed E-state index contributed by atoms with van der Waals surface area (Å²) in [7, 11) is 1.85. The molecule has 0 saturated carbocycles. The molecular formula is C17H21F3N7OS+. The number of alkyl halides is 3. The van der Waals surface area contributed by atoms with E-state index >= 15 is 0 Å². The van der Waals surface area contributed by atoms with E-state index in [-0.39, 0.29) is 18.5 Å². The molecule has 0 radical (unpaired) electrons. The largest absolute Gasteiger partial charge is 0.592 e. The molecule has 0 N–H and O–H groups in total. The average Bonchev–Trinajstić information content (AvgIpc) is 3.33. The topological polar surface area (TPSA) is 73.9 Å². The fourth-order valence-electron chi connectivity index (χ4n) is 3.51. The first-order chi connectivity index (χ1) is 13.8. The van der Waals surface area contributed by atoms with Crippen molar-refractivity contribution >= 4 is 23.1 Å². The van der Waals surface area contributed by atoms with Gasteiger partial charge in [-0.1, -0.05) is 0 Å². The van der Waals surface area contributed by atoms with E-state index in [0.29, 0.717) is 30.0 Å². The van der Waals surface area contributed by atoms with Gasteiger partial charge in [0.1, 0.15) is 18.3 Å².